The van der Waals surface area contributed by atoms with Gasteiger partial charge in [0.15, 0.2) is 5.75 Å². The van der Waals surface area contributed by atoms with E-state index in [9.17, 15) is 4.79 Å². The number of methoxy groups -OCH3 is 1. The number of hydrogen-bond acceptors (Lipinski definition) is 4. The van der Waals surface area contributed by atoms with Crippen molar-refractivity contribution in [1.29, 1.82) is 0 Å². The van der Waals surface area contributed by atoms with E-state index in [2.05, 4.69) is 5.32 Å². The Balaban J connectivity index is 2.28. The van der Waals surface area contributed by atoms with Gasteiger partial charge in [-0.2, -0.15) is 0 Å². The molecule has 0 spiro atoms. The van der Waals surface area contributed by atoms with Crippen LogP contribution < -0.4 is 20.5 Å². The lowest BCUT2D eigenvalue weighted by atomic mass is 10.2. The normalized spacial score (nSPS) is 9.90. The van der Waals surface area contributed by atoms with E-state index in [1.165, 1.54) is 6.92 Å². The number of benzene rings is 2. The summed E-state index contributed by atoms with van der Waals surface area (Å²) in [7, 11) is 1.54. The molecule has 0 saturated heterocycles. The predicted octanol–water partition coefficient (Wildman–Crippen LogP) is 3.03. The largest absolute Gasteiger partial charge is 0.494 e. The monoisotopic (exact) mass is 272 g/mol. The third-order valence-electron chi connectivity index (χ3n) is 2.63. The molecule has 0 atom stereocenters. The highest BCUT2D eigenvalue weighted by Crippen LogP contribution is 2.33. The lowest BCUT2D eigenvalue weighted by Gasteiger charge is -2.12. The number of nitrogen functional groups attached to an aromatic ring is 1. The molecule has 0 unspecified atom stereocenters. The minimum atomic E-state index is -0.157. The third-order valence-corrected chi connectivity index (χ3v) is 2.63. The van der Waals surface area contributed by atoms with Gasteiger partial charge in [0.05, 0.1) is 18.5 Å². The van der Waals surface area contributed by atoms with Gasteiger partial charge in [0, 0.05) is 13.0 Å². The van der Waals surface area contributed by atoms with E-state index in [1.54, 1.807) is 37.4 Å². The van der Waals surface area contributed by atoms with Gasteiger partial charge < -0.3 is 20.5 Å². The first-order valence-corrected chi connectivity index (χ1v) is 6.08. The molecule has 5 nitrogen and oxygen atoms in total. The van der Waals surface area contributed by atoms with Crippen LogP contribution in [0.3, 0.4) is 0 Å². The molecule has 0 aliphatic heterocycles. The molecule has 0 fully saturated rings. The first-order chi connectivity index (χ1) is 9.60. The van der Waals surface area contributed by atoms with Crippen LogP contribution in [0.5, 0.6) is 17.2 Å². The Morgan fingerprint density at radius 1 is 1.15 bits per heavy atom. The van der Waals surface area contributed by atoms with Gasteiger partial charge in [-0.05, 0) is 24.3 Å². The van der Waals surface area contributed by atoms with Crippen molar-refractivity contribution in [1.82, 2.24) is 0 Å². The molecule has 2 aromatic carbocycles. The number of ether oxygens (including phenoxy) is 2. The molecule has 2 aromatic rings. The summed E-state index contributed by atoms with van der Waals surface area (Å²) >= 11 is 0. The third kappa shape index (κ3) is 3.20. The zero-order valence-corrected chi connectivity index (χ0v) is 11.3. The van der Waals surface area contributed by atoms with Gasteiger partial charge in [0.1, 0.15) is 11.5 Å². The molecule has 1 amide bonds. The maximum Gasteiger partial charge on any atom is 0.221 e. The quantitative estimate of drug-likeness (QED) is 0.839. The van der Waals surface area contributed by atoms with Crippen LogP contribution in [0.1, 0.15) is 6.92 Å². The molecule has 0 saturated carbocycles. The predicted molar refractivity (Wildman–Crippen MR) is 78.2 cm³/mol. The minimum Gasteiger partial charge on any atom is -0.494 e. The van der Waals surface area contributed by atoms with E-state index in [0.29, 0.717) is 28.6 Å². The van der Waals surface area contributed by atoms with Crippen molar-refractivity contribution in [2.75, 3.05) is 18.2 Å². The first-order valence-electron chi connectivity index (χ1n) is 6.08. The molecular formula is C15H16N2O3. The fraction of sp³-hybridized carbons (Fsp3) is 0.133. The Morgan fingerprint density at radius 2 is 1.90 bits per heavy atom. The summed E-state index contributed by atoms with van der Waals surface area (Å²) in [6.07, 6.45) is 0. The van der Waals surface area contributed by atoms with Crippen LogP contribution >= 0.6 is 0 Å². The molecule has 3 N–H and O–H groups in total. The molecule has 104 valence electrons. The fourth-order valence-electron chi connectivity index (χ4n) is 1.73. The van der Waals surface area contributed by atoms with Crippen molar-refractivity contribution in [2.45, 2.75) is 6.92 Å². The van der Waals surface area contributed by atoms with Gasteiger partial charge in [-0.15, -0.1) is 0 Å². The second-order valence-electron chi connectivity index (χ2n) is 4.18. The lowest BCUT2D eigenvalue weighted by Crippen LogP contribution is -2.06. The molecule has 0 aliphatic rings. The number of amides is 1. The van der Waals surface area contributed by atoms with E-state index < -0.39 is 0 Å². The summed E-state index contributed by atoms with van der Waals surface area (Å²) in [5, 5.41) is 2.71. The standard InChI is InChI=1S/C15H16N2O3/c1-10(18)17-13-5-3-4-6-14(13)20-11-7-8-12(16)15(9-11)19-2/h3-9H,16H2,1-2H3,(H,17,18). The first kappa shape index (κ1) is 13.7. The van der Waals surface area contributed by atoms with Gasteiger partial charge in [-0.3, -0.25) is 4.79 Å². The second-order valence-corrected chi connectivity index (χ2v) is 4.18. The van der Waals surface area contributed by atoms with Gasteiger partial charge in [-0.25, -0.2) is 0 Å². The summed E-state index contributed by atoms with van der Waals surface area (Å²) in [6.45, 7) is 1.45. The Hall–Kier alpha value is -2.69. The van der Waals surface area contributed by atoms with Crippen LogP contribution in [0.15, 0.2) is 42.5 Å². The van der Waals surface area contributed by atoms with Crippen molar-refractivity contribution in [2.24, 2.45) is 0 Å². The van der Waals surface area contributed by atoms with E-state index in [0.717, 1.165) is 0 Å². The van der Waals surface area contributed by atoms with Crippen LogP contribution in [-0.2, 0) is 4.79 Å². The number of carbonyl (C=O) groups excluding carboxylic acids is 1. The molecular weight excluding hydrogens is 256 g/mol. The molecule has 0 aliphatic carbocycles. The summed E-state index contributed by atoms with van der Waals surface area (Å²) in [5.41, 5.74) is 6.90. The van der Waals surface area contributed by atoms with Crippen LogP contribution in [0.2, 0.25) is 0 Å². The number of carbonyl (C=O) groups is 1. The maximum atomic E-state index is 11.2. The molecule has 0 radical (unpaired) electrons. The van der Waals surface area contributed by atoms with E-state index in [1.807, 2.05) is 12.1 Å². The highest BCUT2D eigenvalue weighted by Gasteiger charge is 2.07. The van der Waals surface area contributed by atoms with E-state index in [4.69, 9.17) is 15.2 Å². The van der Waals surface area contributed by atoms with Crippen molar-refractivity contribution in [3.63, 3.8) is 0 Å². The molecule has 0 aromatic heterocycles. The zero-order chi connectivity index (χ0) is 14.5. The van der Waals surface area contributed by atoms with Crippen LogP contribution in [0, 0.1) is 0 Å². The average molecular weight is 272 g/mol. The fourth-order valence-corrected chi connectivity index (χ4v) is 1.73. The van der Waals surface area contributed by atoms with Crippen LogP contribution in [0.25, 0.3) is 0 Å². The number of anilines is 2. The van der Waals surface area contributed by atoms with Gasteiger partial charge in [0.25, 0.3) is 0 Å². The van der Waals surface area contributed by atoms with Crippen molar-refractivity contribution >= 4 is 17.3 Å². The van der Waals surface area contributed by atoms with E-state index >= 15 is 0 Å². The molecule has 0 heterocycles. The number of hydrogen-bond donors (Lipinski definition) is 2. The summed E-state index contributed by atoms with van der Waals surface area (Å²) in [4.78, 5) is 11.2. The Kier molecular flexibility index (Phi) is 4.10. The van der Waals surface area contributed by atoms with Gasteiger partial charge in [-0.1, -0.05) is 12.1 Å². The Morgan fingerprint density at radius 3 is 2.60 bits per heavy atom. The van der Waals surface area contributed by atoms with Crippen molar-refractivity contribution < 1.29 is 14.3 Å². The smallest absolute Gasteiger partial charge is 0.221 e. The topological polar surface area (TPSA) is 73.6 Å². The van der Waals surface area contributed by atoms with E-state index in [-0.39, 0.29) is 5.91 Å². The van der Waals surface area contributed by atoms with Crippen LogP contribution in [0.4, 0.5) is 11.4 Å². The SMILES string of the molecule is COc1cc(Oc2ccccc2NC(C)=O)ccc1N. The Bertz CT molecular complexity index is 626. The minimum absolute atomic E-state index is 0.157. The second kappa shape index (κ2) is 5.97. The van der Waals surface area contributed by atoms with Gasteiger partial charge >= 0.3 is 0 Å². The molecule has 20 heavy (non-hydrogen) atoms. The number of nitrogens with two attached hydrogens (primary N) is 1. The van der Waals surface area contributed by atoms with Crippen LogP contribution in [-0.4, -0.2) is 13.0 Å². The van der Waals surface area contributed by atoms with Crippen molar-refractivity contribution in [3.8, 4) is 17.2 Å². The van der Waals surface area contributed by atoms with Crippen molar-refractivity contribution in [3.05, 3.63) is 42.5 Å². The maximum absolute atomic E-state index is 11.2. The number of nitrogens with one attached hydrogen (secondary N) is 1. The summed E-state index contributed by atoms with van der Waals surface area (Å²) in [6, 6.07) is 12.3. The Labute approximate surface area is 117 Å². The molecule has 0 bridgehead atoms. The zero-order valence-electron chi connectivity index (χ0n) is 11.3. The summed E-state index contributed by atoms with van der Waals surface area (Å²) in [5.74, 6) is 1.51. The lowest BCUT2D eigenvalue weighted by molar-refractivity contribution is -0.114. The average Bonchev–Trinajstić information content (AvgIpc) is 2.42. The number of rotatable bonds is 4. The molecule has 2 rings (SSSR count). The molecule has 5 heteroatoms. The highest BCUT2D eigenvalue weighted by atomic mass is 16.5. The highest BCUT2D eigenvalue weighted by molar-refractivity contribution is 5.90. The van der Waals surface area contributed by atoms with Gasteiger partial charge in [0.2, 0.25) is 5.91 Å². The summed E-state index contributed by atoms with van der Waals surface area (Å²) < 4.78 is 10.9. The number of para-hydroxylation sites is 2.